The van der Waals surface area contributed by atoms with Crippen LogP contribution in [0.3, 0.4) is 0 Å². The summed E-state index contributed by atoms with van der Waals surface area (Å²) in [6.07, 6.45) is 0.186. The van der Waals surface area contributed by atoms with Crippen LogP contribution in [0, 0.1) is 5.82 Å². The lowest BCUT2D eigenvalue weighted by atomic mass is 10.2. The number of carbonyl (C=O) groups excluding carboxylic acids is 1. The van der Waals surface area contributed by atoms with Gasteiger partial charge < -0.3 is 10.2 Å². The minimum atomic E-state index is -3.53. The van der Waals surface area contributed by atoms with Crippen LogP contribution in [0.4, 0.5) is 18.9 Å². The van der Waals surface area contributed by atoms with E-state index in [-0.39, 0.29) is 48.1 Å². The molecule has 32 heavy (non-hydrogen) atoms. The van der Waals surface area contributed by atoms with E-state index in [1.54, 1.807) is 30.3 Å². The van der Waals surface area contributed by atoms with E-state index in [9.17, 15) is 26.4 Å². The number of sulfonamides is 1. The van der Waals surface area contributed by atoms with Crippen LogP contribution in [0.25, 0.3) is 0 Å². The molecule has 1 heterocycles. The molecule has 0 aromatic heterocycles. The number of amides is 1. The van der Waals surface area contributed by atoms with Gasteiger partial charge in [0.25, 0.3) is 11.7 Å². The molecule has 0 spiro atoms. The van der Waals surface area contributed by atoms with Crippen molar-refractivity contribution in [2.45, 2.75) is 17.1 Å². The summed E-state index contributed by atoms with van der Waals surface area (Å²) in [5, 5.41) is 2.59. The molecule has 1 amide bonds. The van der Waals surface area contributed by atoms with Crippen molar-refractivity contribution in [3.05, 3.63) is 59.9 Å². The minimum absolute atomic E-state index is 0.0981. The van der Waals surface area contributed by atoms with E-state index < -0.39 is 21.7 Å². The number of para-hydroxylation sites is 1. The number of carbonyl (C=O) groups is 1. The van der Waals surface area contributed by atoms with Gasteiger partial charge in [0.05, 0.1) is 17.0 Å². The Labute approximate surface area is 189 Å². The molecule has 11 heteroatoms. The van der Waals surface area contributed by atoms with E-state index in [2.05, 4.69) is 5.32 Å². The van der Waals surface area contributed by atoms with E-state index in [1.807, 2.05) is 4.90 Å². The van der Waals surface area contributed by atoms with E-state index in [1.165, 1.54) is 22.5 Å². The first kappa shape index (κ1) is 24.4. The number of nitrogens with one attached hydrogen (secondary N) is 1. The van der Waals surface area contributed by atoms with Crippen molar-refractivity contribution in [3.8, 4) is 0 Å². The lowest BCUT2D eigenvalue weighted by Crippen LogP contribution is -2.49. The summed E-state index contributed by atoms with van der Waals surface area (Å²) in [5.74, 6) is -3.66. The summed E-state index contributed by atoms with van der Waals surface area (Å²) in [4.78, 5) is 14.3. The SMILES string of the molecule is O=C(NCCCS(=O)(=O)N1CCN(c2ccccc2F)CC1)c1ccccc1SC(F)F. The predicted octanol–water partition coefficient (Wildman–Crippen LogP) is 3.41. The highest BCUT2D eigenvalue weighted by molar-refractivity contribution is 7.99. The van der Waals surface area contributed by atoms with Crippen molar-refractivity contribution < 1.29 is 26.4 Å². The monoisotopic (exact) mass is 487 g/mol. The van der Waals surface area contributed by atoms with Crippen LogP contribution in [0.1, 0.15) is 16.8 Å². The van der Waals surface area contributed by atoms with E-state index in [0.29, 0.717) is 30.5 Å². The minimum Gasteiger partial charge on any atom is -0.367 e. The van der Waals surface area contributed by atoms with E-state index >= 15 is 0 Å². The summed E-state index contributed by atoms with van der Waals surface area (Å²) >= 11 is 0.291. The van der Waals surface area contributed by atoms with E-state index in [0.717, 1.165) is 0 Å². The smallest absolute Gasteiger partial charge is 0.288 e. The summed E-state index contributed by atoms with van der Waals surface area (Å²) in [5.41, 5.74) is 0.586. The largest absolute Gasteiger partial charge is 0.367 e. The zero-order valence-corrected chi connectivity index (χ0v) is 18.8. The van der Waals surface area contributed by atoms with Gasteiger partial charge in [0, 0.05) is 37.6 Å². The molecule has 0 saturated carbocycles. The second-order valence-corrected chi connectivity index (χ2v) is 10.3. The third-order valence-corrected chi connectivity index (χ3v) is 7.78. The normalized spacial score (nSPS) is 15.2. The van der Waals surface area contributed by atoms with Crippen LogP contribution < -0.4 is 10.2 Å². The number of hydrogen-bond donors (Lipinski definition) is 1. The Kier molecular flexibility index (Phi) is 8.44. The molecule has 0 radical (unpaired) electrons. The summed E-state index contributed by atoms with van der Waals surface area (Å²) < 4.78 is 65.9. The number of alkyl halides is 2. The van der Waals surface area contributed by atoms with Crippen LogP contribution in [0.5, 0.6) is 0 Å². The second kappa shape index (κ2) is 11.1. The van der Waals surface area contributed by atoms with Gasteiger partial charge in [-0.2, -0.15) is 13.1 Å². The molecule has 1 aliphatic heterocycles. The number of nitrogens with zero attached hydrogens (tertiary/aromatic N) is 2. The third-order valence-electron chi connectivity index (χ3n) is 5.04. The highest BCUT2D eigenvalue weighted by Gasteiger charge is 2.27. The standard InChI is InChI=1S/C21H24F3N3O3S2/c22-17-7-2-3-8-18(17)26-11-13-27(14-12-26)32(29,30)15-5-10-25-20(28)16-6-1-4-9-19(16)31-21(23)24/h1-4,6-9,21H,5,10-15H2,(H,25,28). The molecular formula is C21H24F3N3O3S2. The number of piperazine rings is 1. The summed E-state index contributed by atoms with van der Waals surface area (Å²) in [6.45, 7) is 1.37. The van der Waals surface area contributed by atoms with Crippen molar-refractivity contribution in [3.63, 3.8) is 0 Å². The molecule has 3 rings (SSSR count). The molecule has 0 unspecified atom stereocenters. The molecule has 0 atom stereocenters. The zero-order chi connectivity index (χ0) is 23.1. The van der Waals surface area contributed by atoms with Crippen molar-refractivity contribution in [2.75, 3.05) is 43.4 Å². The van der Waals surface area contributed by atoms with Gasteiger partial charge in [0.1, 0.15) is 5.82 Å². The van der Waals surface area contributed by atoms with Crippen LogP contribution in [-0.2, 0) is 10.0 Å². The van der Waals surface area contributed by atoms with Crippen LogP contribution in [0.2, 0.25) is 0 Å². The van der Waals surface area contributed by atoms with Crippen molar-refractivity contribution in [1.82, 2.24) is 9.62 Å². The van der Waals surface area contributed by atoms with Crippen molar-refractivity contribution in [1.29, 1.82) is 0 Å². The molecular weight excluding hydrogens is 463 g/mol. The number of rotatable bonds is 9. The Morgan fingerprint density at radius 1 is 1.03 bits per heavy atom. The molecule has 0 bridgehead atoms. The number of halogens is 3. The second-order valence-electron chi connectivity index (χ2n) is 7.14. The van der Waals surface area contributed by atoms with Gasteiger partial charge in [-0.15, -0.1) is 0 Å². The quantitative estimate of drug-likeness (QED) is 0.434. The molecule has 1 N–H and O–H groups in total. The highest BCUT2D eigenvalue weighted by Crippen LogP contribution is 2.28. The van der Waals surface area contributed by atoms with E-state index in [4.69, 9.17) is 0 Å². The molecule has 6 nitrogen and oxygen atoms in total. The Hall–Kier alpha value is -2.24. The molecule has 1 fully saturated rings. The van der Waals surface area contributed by atoms with Gasteiger partial charge in [0.2, 0.25) is 10.0 Å². The maximum absolute atomic E-state index is 13.9. The van der Waals surface area contributed by atoms with Gasteiger partial charge in [-0.05, 0) is 30.7 Å². The molecule has 2 aromatic rings. The fraction of sp³-hybridized carbons (Fsp3) is 0.381. The first-order valence-electron chi connectivity index (χ1n) is 10.1. The molecule has 1 saturated heterocycles. The fourth-order valence-corrected chi connectivity index (χ4v) is 5.57. The maximum atomic E-state index is 13.9. The number of hydrogen-bond acceptors (Lipinski definition) is 5. The molecule has 174 valence electrons. The Balaban J connectivity index is 1.46. The Morgan fingerprint density at radius 2 is 1.69 bits per heavy atom. The van der Waals surface area contributed by atoms with Gasteiger partial charge in [0.15, 0.2) is 0 Å². The fourth-order valence-electron chi connectivity index (χ4n) is 3.45. The van der Waals surface area contributed by atoms with Crippen molar-refractivity contribution in [2.24, 2.45) is 0 Å². The van der Waals surface area contributed by atoms with Crippen molar-refractivity contribution >= 4 is 33.4 Å². The number of thioether (sulfide) groups is 1. The molecule has 0 aliphatic carbocycles. The lowest BCUT2D eigenvalue weighted by molar-refractivity contribution is 0.0950. The van der Waals surface area contributed by atoms with Gasteiger partial charge >= 0.3 is 0 Å². The average molecular weight is 488 g/mol. The Morgan fingerprint density at radius 3 is 2.38 bits per heavy atom. The van der Waals surface area contributed by atoms with Gasteiger partial charge in [-0.3, -0.25) is 4.79 Å². The van der Waals surface area contributed by atoms with Crippen LogP contribution >= 0.6 is 11.8 Å². The zero-order valence-electron chi connectivity index (χ0n) is 17.2. The highest BCUT2D eigenvalue weighted by atomic mass is 32.2. The molecule has 2 aromatic carbocycles. The maximum Gasteiger partial charge on any atom is 0.288 e. The Bertz CT molecular complexity index is 1030. The topological polar surface area (TPSA) is 69.7 Å². The number of anilines is 1. The van der Waals surface area contributed by atoms with Gasteiger partial charge in [-0.25, -0.2) is 12.8 Å². The van der Waals surface area contributed by atoms with Gasteiger partial charge in [-0.1, -0.05) is 36.0 Å². The first-order chi connectivity index (χ1) is 15.3. The summed E-state index contributed by atoms with van der Waals surface area (Å²) in [6, 6.07) is 12.4. The average Bonchev–Trinajstić information content (AvgIpc) is 2.77. The predicted molar refractivity (Wildman–Crippen MR) is 119 cm³/mol. The summed E-state index contributed by atoms with van der Waals surface area (Å²) in [7, 11) is -3.53. The molecule has 1 aliphatic rings. The number of benzene rings is 2. The lowest BCUT2D eigenvalue weighted by Gasteiger charge is -2.35. The van der Waals surface area contributed by atoms with Crippen LogP contribution in [-0.4, -0.2) is 62.9 Å². The van der Waals surface area contributed by atoms with Crippen LogP contribution in [0.15, 0.2) is 53.4 Å². The third kappa shape index (κ3) is 6.39. The first-order valence-corrected chi connectivity index (χ1v) is 12.6.